The van der Waals surface area contributed by atoms with Gasteiger partial charge in [0.15, 0.2) is 0 Å². The standard InChI is InChI=1S/C13H23NOS/c1-4-11(12-6-5-9-16-12)14-10-13(2,3)7-8-15/h5-6,9,11,14-15H,4,7-8,10H2,1-3H3. The van der Waals surface area contributed by atoms with Gasteiger partial charge in [0.05, 0.1) is 0 Å². The fourth-order valence-corrected chi connectivity index (χ4v) is 2.61. The van der Waals surface area contributed by atoms with Gasteiger partial charge >= 0.3 is 0 Å². The molecule has 16 heavy (non-hydrogen) atoms. The molecule has 0 saturated heterocycles. The van der Waals surface area contributed by atoms with Crippen LogP contribution in [-0.4, -0.2) is 18.3 Å². The minimum atomic E-state index is 0.166. The van der Waals surface area contributed by atoms with Gasteiger partial charge in [-0.1, -0.05) is 26.8 Å². The summed E-state index contributed by atoms with van der Waals surface area (Å²) in [4.78, 5) is 1.40. The molecule has 2 nitrogen and oxygen atoms in total. The highest BCUT2D eigenvalue weighted by atomic mass is 32.1. The van der Waals surface area contributed by atoms with Gasteiger partial charge in [-0.05, 0) is 29.7 Å². The van der Waals surface area contributed by atoms with Gasteiger partial charge in [0.25, 0.3) is 0 Å². The van der Waals surface area contributed by atoms with E-state index in [9.17, 15) is 0 Å². The number of thiophene rings is 1. The van der Waals surface area contributed by atoms with E-state index in [0.717, 1.165) is 19.4 Å². The Morgan fingerprint density at radius 2 is 2.25 bits per heavy atom. The predicted molar refractivity (Wildman–Crippen MR) is 70.8 cm³/mol. The summed E-state index contributed by atoms with van der Waals surface area (Å²) in [6, 6.07) is 4.74. The maximum atomic E-state index is 8.98. The number of hydrogen-bond donors (Lipinski definition) is 2. The lowest BCUT2D eigenvalue weighted by Crippen LogP contribution is -2.32. The van der Waals surface area contributed by atoms with Crippen LogP contribution < -0.4 is 5.32 Å². The maximum absolute atomic E-state index is 8.98. The van der Waals surface area contributed by atoms with Crippen molar-refractivity contribution in [3.8, 4) is 0 Å². The second kappa shape index (κ2) is 6.38. The Hall–Kier alpha value is -0.380. The van der Waals surface area contributed by atoms with Crippen LogP contribution in [0.25, 0.3) is 0 Å². The van der Waals surface area contributed by atoms with Crippen LogP contribution in [0.1, 0.15) is 44.5 Å². The number of aliphatic hydroxyl groups is 1. The molecule has 0 aliphatic rings. The summed E-state index contributed by atoms with van der Waals surface area (Å²) in [5.41, 5.74) is 0.166. The molecule has 2 N–H and O–H groups in total. The van der Waals surface area contributed by atoms with Gasteiger partial charge < -0.3 is 10.4 Å². The number of rotatable bonds is 7. The molecule has 3 heteroatoms. The van der Waals surface area contributed by atoms with E-state index in [1.807, 2.05) is 11.3 Å². The molecule has 0 aromatic carbocycles. The first-order valence-corrected chi connectivity index (χ1v) is 6.84. The Morgan fingerprint density at radius 3 is 2.75 bits per heavy atom. The van der Waals surface area contributed by atoms with Crippen molar-refractivity contribution in [3.05, 3.63) is 22.4 Å². The van der Waals surface area contributed by atoms with E-state index < -0.39 is 0 Å². The van der Waals surface area contributed by atoms with E-state index in [1.165, 1.54) is 4.88 Å². The summed E-state index contributed by atoms with van der Waals surface area (Å²) in [5, 5.41) is 14.7. The Morgan fingerprint density at radius 1 is 1.50 bits per heavy atom. The van der Waals surface area contributed by atoms with Crippen molar-refractivity contribution >= 4 is 11.3 Å². The molecule has 1 aromatic rings. The van der Waals surface area contributed by atoms with E-state index in [0.29, 0.717) is 6.04 Å². The summed E-state index contributed by atoms with van der Waals surface area (Å²) in [5.74, 6) is 0. The molecule has 1 rings (SSSR count). The predicted octanol–water partition coefficient (Wildman–Crippen LogP) is 3.20. The largest absolute Gasteiger partial charge is 0.396 e. The van der Waals surface area contributed by atoms with Crippen LogP contribution in [-0.2, 0) is 0 Å². The summed E-state index contributed by atoms with van der Waals surface area (Å²) in [6.45, 7) is 7.81. The van der Waals surface area contributed by atoms with Crippen LogP contribution in [0.2, 0.25) is 0 Å². The Kier molecular flexibility index (Phi) is 5.46. The smallest absolute Gasteiger partial charge is 0.0436 e. The molecule has 92 valence electrons. The second-order valence-electron chi connectivity index (χ2n) is 4.99. The Labute approximate surface area is 103 Å². The third kappa shape index (κ3) is 4.24. The fraction of sp³-hybridized carbons (Fsp3) is 0.692. The quantitative estimate of drug-likeness (QED) is 0.768. The highest BCUT2D eigenvalue weighted by Crippen LogP contribution is 2.24. The fourth-order valence-electron chi connectivity index (χ4n) is 1.73. The van der Waals surface area contributed by atoms with Gasteiger partial charge in [-0.15, -0.1) is 11.3 Å². The normalized spacial score (nSPS) is 14.0. The molecule has 0 aliphatic heterocycles. The Bertz CT molecular complexity index is 282. The summed E-state index contributed by atoms with van der Waals surface area (Å²) in [6.07, 6.45) is 1.95. The molecular weight excluding hydrogens is 218 g/mol. The highest BCUT2D eigenvalue weighted by Gasteiger charge is 2.19. The molecule has 0 aliphatic carbocycles. The van der Waals surface area contributed by atoms with Gasteiger partial charge in [0.1, 0.15) is 0 Å². The topological polar surface area (TPSA) is 32.3 Å². The number of nitrogens with one attached hydrogen (secondary N) is 1. The molecule has 0 spiro atoms. The molecule has 1 unspecified atom stereocenters. The molecule has 0 radical (unpaired) electrons. The van der Waals surface area contributed by atoms with Gasteiger partial charge in [-0.2, -0.15) is 0 Å². The summed E-state index contributed by atoms with van der Waals surface area (Å²) in [7, 11) is 0. The monoisotopic (exact) mass is 241 g/mol. The number of hydrogen-bond acceptors (Lipinski definition) is 3. The zero-order chi connectivity index (χ0) is 12.0. The average Bonchev–Trinajstić information content (AvgIpc) is 2.72. The Balaban J connectivity index is 2.46. The van der Waals surface area contributed by atoms with Gasteiger partial charge in [0.2, 0.25) is 0 Å². The van der Waals surface area contributed by atoms with E-state index in [1.54, 1.807) is 0 Å². The van der Waals surface area contributed by atoms with Crippen LogP contribution >= 0.6 is 11.3 Å². The van der Waals surface area contributed by atoms with Crippen molar-refractivity contribution in [1.29, 1.82) is 0 Å². The first-order valence-electron chi connectivity index (χ1n) is 5.96. The number of aliphatic hydroxyl groups excluding tert-OH is 1. The van der Waals surface area contributed by atoms with E-state index in [4.69, 9.17) is 5.11 Å². The van der Waals surface area contributed by atoms with Crippen molar-refractivity contribution < 1.29 is 5.11 Å². The van der Waals surface area contributed by atoms with Gasteiger partial charge in [-0.3, -0.25) is 0 Å². The third-order valence-corrected chi connectivity index (χ3v) is 3.90. The maximum Gasteiger partial charge on any atom is 0.0436 e. The summed E-state index contributed by atoms with van der Waals surface area (Å²) < 4.78 is 0. The lowest BCUT2D eigenvalue weighted by Gasteiger charge is -2.27. The zero-order valence-electron chi connectivity index (χ0n) is 10.5. The van der Waals surface area contributed by atoms with Crippen molar-refractivity contribution in [2.24, 2.45) is 5.41 Å². The van der Waals surface area contributed by atoms with Crippen LogP contribution in [0.5, 0.6) is 0 Å². The van der Waals surface area contributed by atoms with Crippen LogP contribution in [0, 0.1) is 5.41 Å². The summed E-state index contributed by atoms with van der Waals surface area (Å²) >= 11 is 1.81. The lowest BCUT2D eigenvalue weighted by molar-refractivity contribution is 0.202. The van der Waals surface area contributed by atoms with Gasteiger partial charge in [-0.25, -0.2) is 0 Å². The van der Waals surface area contributed by atoms with E-state index in [-0.39, 0.29) is 12.0 Å². The third-order valence-electron chi connectivity index (χ3n) is 2.91. The van der Waals surface area contributed by atoms with Crippen LogP contribution in [0.4, 0.5) is 0 Å². The lowest BCUT2D eigenvalue weighted by atomic mass is 9.89. The zero-order valence-corrected chi connectivity index (χ0v) is 11.3. The molecule has 1 atom stereocenters. The first-order chi connectivity index (χ1) is 7.59. The van der Waals surface area contributed by atoms with E-state index in [2.05, 4.69) is 43.6 Å². The van der Waals surface area contributed by atoms with Gasteiger partial charge in [0, 0.05) is 24.1 Å². The minimum Gasteiger partial charge on any atom is -0.396 e. The first kappa shape index (κ1) is 13.7. The van der Waals surface area contributed by atoms with Crippen LogP contribution in [0.15, 0.2) is 17.5 Å². The van der Waals surface area contributed by atoms with Crippen molar-refractivity contribution in [2.45, 2.75) is 39.7 Å². The molecule has 0 saturated carbocycles. The van der Waals surface area contributed by atoms with Crippen LogP contribution in [0.3, 0.4) is 0 Å². The molecule has 0 fully saturated rings. The molecule has 0 amide bonds. The molecule has 1 aromatic heterocycles. The molecule has 0 bridgehead atoms. The second-order valence-corrected chi connectivity index (χ2v) is 5.97. The average molecular weight is 241 g/mol. The van der Waals surface area contributed by atoms with Crippen molar-refractivity contribution in [3.63, 3.8) is 0 Å². The molecule has 1 heterocycles. The van der Waals surface area contributed by atoms with E-state index >= 15 is 0 Å². The SMILES string of the molecule is CCC(NCC(C)(C)CCO)c1cccs1. The van der Waals surface area contributed by atoms with Crippen molar-refractivity contribution in [1.82, 2.24) is 5.32 Å². The molecular formula is C13H23NOS. The minimum absolute atomic E-state index is 0.166. The highest BCUT2D eigenvalue weighted by molar-refractivity contribution is 7.10. The van der Waals surface area contributed by atoms with Crippen molar-refractivity contribution in [2.75, 3.05) is 13.2 Å².